The second kappa shape index (κ2) is 16.0. The molecule has 56 heavy (non-hydrogen) atoms. The number of carbonyl (C=O) groups is 2. The zero-order valence-corrected chi connectivity index (χ0v) is 32.2. The third kappa shape index (κ3) is 7.95. The maximum Gasteiger partial charge on any atom is 0.249 e. The summed E-state index contributed by atoms with van der Waals surface area (Å²) >= 11 is 0. The van der Waals surface area contributed by atoms with E-state index in [1.54, 1.807) is 0 Å². The highest BCUT2D eigenvalue weighted by Crippen LogP contribution is 2.47. The first-order valence-electron chi connectivity index (χ1n) is 20.8. The second-order valence-electron chi connectivity index (χ2n) is 16.7. The molecule has 9 nitrogen and oxygen atoms in total. The summed E-state index contributed by atoms with van der Waals surface area (Å²) in [6, 6.07) is 34.2. The van der Waals surface area contributed by atoms with Crippen molar-refractivity contribution < 1.29 is 24.2 Å². The van der Waals surface area contributed by atoms with Gasteiger partial charge in [0.15, 0.2) is 5.79 Å². The third-order valence-electron chi connectivity index (χ3n) is 13.2. The molecule has 4 fully saturated rings. The van der Waals surface area contributed by atoms with Gasteiger partial charge in [-0.3, -0.25) is 14.9 Å². The number of anilines is 2. The maximum absolute atomic E-state index is 12.1. The molecule has 4 saturated heterocycles. The van der Waals surface area contributed by atoms with E-state index < -0.39 is 5.79 Å². The molecule has 1 unspecified atom stereocenters. The van der Waals surface area contributed by atoms with E-state index in [1.165, 1.54) is 33.5 Å². The molecule has 292 valence electrons. The number of piperidine rings is 3. The van der Waals surface area contributed by atoms with Crippen molar-refractivity contribution in [1.29, 1.82) is 0 Å². The summed E-state index contributed by atoms with van der Waals surface area (Å²) in [5.74, 6) is 1.000. The summed E-state index contributed by atoms with van der Waals surface area (Å²) < 4.78 is 13.1. The Morgan fingerprint density at radius 1 is 0.750 bits per heavy atom. The number of ether oxygens (including phenoxy) is 2. The van der Waals surface area contributed by atoms with E-state index in [4.69, 9.17) is 9.47 Å². The number of phenols is 1. The van der Waals surface area contributed by atoms with Gasteiger partial charge >= 0.3 is 0 Å². The largest absolute Gasteiger partial charge is 0.508 e. The van der Waals surface area contributed by atoms with Crippen LogP contribution in [0.25, 0.3) is 0 Å². The number of nitrogens with zero attached hydrogens (tertiary/aromatic N) is 2. The van der Waals surface area contributed by atoms with Gasteiger partial charge in [-0.25, -0.2) is 0 Å². The molecule has 4 aromatic carbocycles. The van der Waals surface area contributed by atoms with Crippen molar-refractivity contribution in [2.45, 2.75) is 80.9 Å². The summed E-state index contributed by atoms with van der Waals surface area (Å²) in [6.45, 7) is 6.46. The SMILES string of the molecule is O=C1CCC(Nc2ccc(C3CCN(CC4COC5(CCN(c6ccc([C@@H]7c8ccc(O)cc8CC[C@@H]7c7ccccc7)cc6)CC5)OC4)CC3)cc2)C(=O)N1. The Labute approximate surface area is 330 Å². The van der Waals surface area contributed by atoms with E-state index in [2.05, 4.69) is 105 Å². The van der Waals surface area contributed by atoms with E-state index in [-0.39, 0.29) is 23.8 Å². The van der Waals surface area contributed by atoms with Crippen molar-refractivity contribution in [3.8, 4) is 5.75 Å². The van der Waals surface area contributed by atoms with E-state index in [0.717, 1.165) is 90.1 Å². The minimum atomic E-state index is -0.473. The highest BCUT2D eigenvalue weighted by atomic mass is 16.7. The molecule has 9 heteroatoms. The van der Waals surface area contributed by atoms with Gasteiger partial charge in [-0.05, 0) is 121 Å². The lowest BCUT2D eigenvalue weighted by Crippen LogP contribution is -2.53. The predicted molar refractivity (Wildman–Crippen MR) is 218 cm³/mol. The molecule has 0 bridgehead atoms. The van der Waals surface area contributed by atoms with Crippen molar-refractivity contribution in [2.24, 2.45) is 5.92 Å². The average molecular weight is 755 g/mol. The fourth-order valence-electron chi connectivity index (χ4n) is 10.00. The number of likely N-dealkylation sites (tertiary alicyclic amines) is 1. The van der Waals surface area contributed by atoms with E-state index in [0.29, 0.717) is 36.3 Å². The van der Waals surface area contributed by atoms with Gasteiger partial charge in [-0.1, -0.05) is 60.7 Å². The Bertz CT molecular complexity index is 1980. The van der Waals surface area contributed by atoms with Crippen LogP contribution >= 0.6 is 0 Å². The molecular weight excluding hydrogens is 701 g/mol. The van der Waals surface area contributed by atoms with Gasteiger partial charge in [0.2, 0.25) is 11.8 Å². The second-order valence-corrected chi connectivity index (χ2v) is 16.7. The number of benzene rings is 4. The zero-order chi connectivity index (χ0) is 38.1. The summed E-state index contributed by atoms with van der Waals surface area (Å²) in [4.78, 5) is 28.6. The number of phenolic OH excluding ortho intramolecular Hbond substituents is 1. The van der Waals surface area contributed by atoms with Crippen LogP contribution in [0.1, 0.15) is 90.5 Å². The molecular formula is C47H54N4O5. The topological polar surface area (TPSA) is 103 Å². The van der Waals surface area contributed by atoms with Gasteiger partial charge in [0.1, 0.15) is 11.8 Å². The number of aryl methyl sites for hydroxylation is 1. The molecule has 2 amide bonds. The van der Waals surface area contributed by atoms with Crippen LogP contribution in [0, 0.1) is 5.92 Å². The van der Waals surface area contributed by atoms with Crippen LogP contribution in [0.2, 0.25) is 0 Å². The van der Waals surface area contributed by atoms with Crippen molar-refractivity contribution in [1.82, 2.24) is 10.2 Å². The van der Waals surface area contributed by atoms with Crippen LogP contribution in [0.3, 0.4) is 0 Å². The molecule has 4 aliphatic heterocycles. The molecule has 4 aromatic rings. The van der Waals surface area contributed by atoms with Crippen molar-refractivity contribution in [3.63, 3.8) is 0 Å². The highest BCUT2D eigenvalue weighted by molar-refractivity contribution is 6.01. The predicted octanol–water partition coefficient (Wildman–Crippen LogP) is 7.31. The number of imide groups is 1. The smallest absolute Gasteiger partial charge is 0.249 e. The monoisotopic (exact) mass is 754 g/mol. The van der Waals surface area contributed by atoms with Gasteiger partial charge in [-0.2, -0.15) is 0 Å². The molecule has 0 radical (unpaired) electrons. The van der Waals surface area contributed by atoms with Gasteiger partial charge in [0.05, 0.1) is 13.2 Å². The maximum atomic E-state index is 12.1. The first-order valence-corrected chi connectivity index (χ1v) is 20.8. The zero-order valence-electron chi connectivity index (χ0n) is 32.2. The van der Waals surface area contributed by atoms with Crippen LogP contribution < -0.4 is 15.5 Å². The molecule has 0 saturated carbocycles. The first-order chi connectivity index (χ1) is 27.4. The lowest BCUT2D eigenvalue weighted by Gasteiger charge is -2.46. The first kappa shape index (κ1) is 36.9. The number of nitrogens with one attached hydrogen (secondary N) is 2. The highest BCUT2D eigenvalue weighted by Gasteiger charge is 2.41. The third-order valence-corrected chi connectivity index (χ3v) is 13.2. The molecule has 0 aromatic heterocycles. The Balaban J connectivity index is 0.740. The van der Waals surface area contributed by atoms with Crippen LogP contribution in [-0.4, -0.2) is 79.6 Å². The van der Waals surface area contributed by atoms with Crippen LogP contribution in [-0.2, 0) is 25.5 Å². The summed E-state index contributed by atoms with van der Waals surface area (Å²) in [5, 5.41) is 15.9. The van der Waals surface area contributed by atoms with Crippen molar-refractivity contribution in [2.75, 3.05) is 56.2 Å². The Kier molecular flexibility index (Phi) is 10.6. The number of hydrogen-bond donors (Lipinski definition) is 3. The standard InChI is InChI=1S/C47H54N4O5/c52-40-15-17-42-37(28-40)10-16-41(35-4-2-1-3-5-35)45(42)36-8-13-39(14-9-36)51-26-22-47(23-27-51)55-30-32(31-56-47)29-50-24-20-34(21-25-50)33-6-11-38(12-7-33)48-43-18-19-44(53)49-46(43)54/h1-9,11-15,17,28,32,34,41,43,45,48,52H,10,16,18-27,29-31H2,(H,49,53,54)/t41-,43?,45+/m1/s1. The van der Waals surface area contributed by atoms with Gasteiger partial charge in [0, 0.05) is 62.1 Å². The Morgan fingerprint density at radius 2 is 1.46 bits per heavy atom. The fourth-order valence-corrected chi connectivity index (χ4v) is 10.00. The molecule has 5 aliphatic rings. The summed E-state index contributed by atoms with van der Waals surface area (Å²) in [7, 11) is 0. The van der Waals surface area contributed by atoms with Crippen LogP contribution in [0.15, 0.2) is 97.1 Å². The lowest BCUT2D eigenvalue weighted by molar-refractivity contribution is -0.291. The number of aromatic hydroxyl groups is 1. The molecule has 9 rings (SSSR count). The van der Waals surface area contributed by atoms with Crippen LogP contribution in [0.4, 0.5) is 11.4 Å². The van der Waals surface area contributed by atoms with Crippen molar-refractivity contribution >= 4 is 23.2 Å². The average Bonchev–Trinajstić information content (AvgIpc) is 3.24. The fraction of sp³-hybridized carbons (Fsp3) is 0.447. The molecule has 1 aliphatic carbocycles. The summed E-state index contributed by atoms with van der Waals surface area (Å²) in [5.41, 5.74) is 8.80. The molecule has 4 heterocycles. The quantitative estimate of drug-likeness (QED) is 0.161. The van der Waals surface area contributed by atoms with Gasteiger partial charge in [0.25, 0.3) is 0 Å². The number of rotatable bonds is 8. The Morgan fingerprint density at radius 3 is 2.18 bits per heavy atom. The van der Waals surface area contributed by atoms with E-state index in [1.807, 2.05) is 12.1 Å². The number of amides is 2. The Hall–Kier alpha value is -4.70. The van der Waals surface area contributed by atoms with Gasteiger partial charge < -0.3 is 29.7 Å². The van der Waals surface area contributed by atoms with E-state index >= 15 is 0 Å². The minimum absolute atomic E-state index is 0.194. The lowest BCUT2D eigenvalue weighted by atomic mass is 9.69. The molecule has 3 atom stereocenters. The number of carbonyl (C=O) groups excluding carboxylic acids is 2. The molecule has 3 N–H and O–H groups in total. The minimum Gasteiger partial charge on any atom is -0.508 e. The number of fused-ring (bicyclic) bond motifs is 1. The van der Waals surface area contributed by atoms with Crippen molar-refractivity contribution in [3.05, 3.63) is 125 Å². The van der Waals surface area contributed by atoms with Crippen LogP contribution in [0.5, 0.6) is 5.75 Å². The van der Waals surface area contributed by atoms with Gasteiger partial charge in [-0.15, -0.1) is 0 Å². The normalized spacial score (nSPS) is 24.8. The van der Waals surface area contributed by atoms with E-state index in [9.17, 15) is 14.7 Å². The number of hydrogen-bond acceptors (Lipinski definition) is 8. The summed E-state index contributed by atoms with van der Waals surface area (Å²) in [6.07, 6.45) is 6.92. The molecule has 1 spiro atoms.